The molecule has 3 aliphatic heterocycles. The molecule has 0 saturated carbocycles. The van der Waals surface area contributed by atoms with Crippen molar-refractivity contribution in [1.82, 2.24) is 9.80 Å². The Balaban J connectivity index is 1.53. The molecule has 5 heteroatoms. The summed E-state index contributed by atoms with van der Waals surface area (Å²) in [5, 5.41) is 9.49. The van der Waals surface area contributed by atoms with Gasteiger partial charge in [0.1, 0.15) is 5.75 Å². The number of amides is 1. The van der Waals surface area contributed by atoms with E-state index in [1.165, 1.54) is 5.56 Å². The van der Waals surface area contributed by atoms with E-state index < -0.39 is 0 Å². The van der Waals surface area contributed by atoms with Gasteiger partial charge in [-0.2, -0.15) is 0 Å². The van der Waals surface area contributed by atoms with Crippen LogP contribution in [0, 0.1) is 11.8 Å². The molecule has 3 saturated heterocycles. The van der Waals surface area contributed by atoms with Crippen LogP contribution in [0.15, 0.2) is 24.3 Å². The number of carbonyl (C=O) groups excluding carboxylic acids is 1. The zero-order chi connectivity index (χ0) is 18.3. The third kappa shape index (κ3) is 3.35. The number of hydrogen-bond donors (Lipinski definition) is 1. The molecule has 1 aromatic carbocycles. The van der Waals surface area contributed by atoms with E-state index in [2.05, 4.69) is 23.6 Å². The van der Waals surface area contributed by atoms with Gasteiger partial charge in [0.2, 0.25) is 5.91 Å². The molecule has 3 fully saturated rings. The summed E-state index contributed by atoms with van der Waals surface area (Å²) in [6.45, 7) is 7.96. The van der Waals surface area contributed by atoms with Crippen LogP contribution in [0.2, 0.25) is 0 Å². The Morgan fingerprint density at radius 1 is 1.23 bits per heavy atom. The second kappa shape index (κ2) is 7.20. The highest BCUT2D eigenvalue weighted by Gasteiger charge is 2.49. The molecule has 26 heavy (non-hydrogen) atoms. The van der Waals surface area contributed by atoms with Crippen LogP contribution in [0.25, 0.3) is 0 Å². The van der Waals surface area contributed by atoms with Gasteiger partial charge in [-0.05, 0) is 42.4 Å². The van der Waals surface area contributed by atoms with Crippen LogP contribution in [0.3, 0.4) is 0 Å². The number of benzene rings is 1. The van der Waals surface area contributed by atoms with Gasteiger partial charge < -0.3 is 14.7 Å². The van der Waals surface area contributed by atoms with Gasteiger partial charge in [0.25, 0.3) is 0 Å². The van der Waals surface area contributed by atoms with Gasteiger partial charge in [0.15, 0.2) is 0 Å². The van der Waals surface area contributed by atoms with Crippen molar-refractivity contribution in [3.63, 3.8) is 0 Å². The third-order valence-corrected chi connectivity index (χ3v) is 6.38. The van der Waals surface area contributed by atoms with E-state index in [9.17, 15) is 9.90 Å². The normalized spacial score (nSPS) is 32.4. The predicted molar refractivity (Wildman–Crippen MR) is 99.7 cm³/mol. The number of rotatable bonds is 3. The molecule has 0 aromatic heterocycles. The lowest BCUT2D eigenvalue weighted by atomic mass is 9.81. The van der Waals surface area contributed by atoms with E-state index in [1.54, 1.807) is 12.1 Å². The second-order valence-electron chi connectivity index (χ2n) is 8.46. The van der Waals surface area contributed by atoms with Crippen molar-refractivity contribution in [1.29, 1.82) is 0 Å². The fourth-order valence-corrected chi connectivity index (χ4v) is 4.99. The molecular formula is C21H30N2O3. The number of hydrogen-bond acceptors (Lipinski definition) is 4. The summed E-state index contributed by atoms with van der Waals surface area (Å²) in [6, 6.07) is 7.96. The second-order valence-corrected chi connectivity index (χ2v) is 8.46. The summed E-state index contributed by atoms with van der Waals surface area (Å²) in [5.74, 6) is 1.55. The van der Waals surface area contributed by atoms with Gasteiger partial charge in [0.05, 0.1) is 24.8 Å². The van der Waals surface area contributed by atoms with E-state index >= 15 is 0 Å². The van der Waals surface area contributed by atoms with Crippen molar-refractivity contribution in [3.8, 4) is 5.75 Å². The Morgan fingerprint density at radius 2 is 2.00 bits per heavy atom. The van der Waals surface area contributed by atoms with Crippen molar-refractivity contribution >= 4 is 5.91 Å². The van der Waals surface area contributed by atoms with Crippen LogP contribution in [-0.2, 0) is 16.1 Å². The minimum Gasteiger partial charge on any atom is -0.508 e. The summed E-state index contributed by atoms with van der Waals surface area (Å²) < 4.78 is 6.28. The molecule has 0 bridgehead atoms. The Hall–Kier alpha value is -1.59. The zero-order valence-electron chi connectivity index (χ0n) is 15.8. The Bertz CT molecular complexity index is 645. The minimum absolute atomic E-state index is 0.170. The van der Waals surface area contributed by atoms with Gasteiger partial charge in [-0.15, -0.1) is 0 Å². The van der Waals surface area contributed by atoms with Crippen molar-refractivity contribution < 1.29 is 14.6 Å². The molecule has 0 spiro atoms. The first kappa shape index (κ1) is 17.8. The SMILES string of the molecule is CC(C)[C@H]1COC2CCN(Cc3ccc(O)cc3)C[C@H]3CCC(=O)N1C23. The smallest absolute Gasteiger partial charge is 0.223 e. The highest BCUT2D eigenvalue weighted by Crippen LogP contribution is 2.38. The lowest BCUT2D eigenvalue weighted by Crippen LogP contribution is -2.65. The van der Waals surface area contributed by atoms with Crippen LogP contribution in [-0.4, -0.2) is 58.7 Å². The highest BCUT2D eigenvalue weighted by atomic mass is 16.5. The number of phenols is 1. The molecule has 5 nitrogen and oxygen atoms in total. The summed E-state index contributed by atoms with van der Waals surface area (Å²) in [5.41, 5.74) is 1.22. The van der Waals surface area contributed by atoms with E-state index in [4.69, 9.17) is 4.74 Å². The van der Waals surface area contributed by atoms with E-state index in [-0.39, 0.29) is 18.2 Å². The number of ether oxygens (including phenoxy) is 1. The highest BCUT2D eigenvalue weighted by molar-refractivity contribution is 5.78. The maximum absolute atomic E-state index is 12.7. The van der Waals surface area contributed by atoms with Crippen LogP contribution < -0.4 is 0 Å². The molecule has 4 rings (SSSR count). The molecule has 1 aromatic rings. The van der Waals surface area contributed by atoms with E-state index in [1.807, 2.05) is 12.1 Å². The molecular weight excluding hydrogens is 328 g/mol. The molecule has 3 aliphatic rings. The largest absolute Gasteiger partial charge is 0.508 e. The number of nitrogens with zero attached hydrogens (tertiary/aromatic N) is 2. The Morgan fingerprint density at radius 3 is 2.73 bits per heavy atom. The van der Waals surface area contributed by atoms with Crippen molar-refractivity contribution in [2.75, 3.05) is 19.7 Å². The summed E-state index contributed by atoms with van der Waals surface area (Å²) >= 11 is 0. The molecule has 1 N–H and O–H groups in total. The lowest BCUT2D eigenvalue weighted by Gasteiger charge is -2.52. The Kier molecular flexibility index (Phi) is 4.93. The average molecular weight is 358 g/mol. The van der Waals surface area contributed by atoms with Gasteiger partial charge in [0, 0.05) is 26.1 Å². The number of aromatic hydroxyl groups is 1. The maximum Gasteiger partial charge on any atom is 0.223 e. The van der Waals surface area contributed by atoms with Gasteiger partial charge in [-0.25, -0.2) is 0 Å². The summed E-state index contributed by atoms with van der Waals surface area (Å²) in [7, 11) is 0. The van der Waals surface area contributed by atoms with Crippen LogP contribution in [0.1, 0.15) is 38.7 Å². The number of phenolic OH excluding ortho intramolecular Hbond substituents is 1. The molecule has 3 heterocycles. The molecule has 2 unspecified atom stereocenters. The lowest BCUT2D eigenvalue weighted by molar-refractivity contribution is -0.172. The molecule has 4 atom stereocenters. The number of morpholine rings is 1. The van der Waals surface area contributed by atoms with Crippen molar-refractivity contribution in [3.05, 3.63) is 29.8 Å². The standard InChI is InChI=1S/C21H30N2O3/c1-14(2)18-13-26-19-9-10-22(11-15-3-6-17(24)7-4-15)12-16-5-8-20(25)23(18)21(16)19/h3-4,6-7,14,16,18-19,21,24H,5,8-13H2,1-2H3/t16-,18-,19?,21?/m1/s1. The third-order valence-electron chi connectivity index (χ3n) is 6.38. The van der Waals surface area contributed by atoms with Crippen LogP contribution in [0.5, 0.6) is 5.75 Å². The quantitative estimate of drug-likeness (QED) is 0.902. The molecule has 1 amide bonds. The van der Waals surface area contributed by atoms with Gasteiger partial charge >= 0.3 is 0 Å². The Labute approximate surface area is 155 Å². The fourth-order valence-electron chi connectivity index (χ4n) is 4.99. The predicted octanol–water partition coefficient (Wildman–Crippen LogP) is 2.63. The molecule has 0 radical (unpaired) electrons. The molecule has 0 aliphatic carbocycles. The van der Waals surface area contributed by atoms with Gasteiger partial charge in [-0.1, -0.05) is 26.0 Å². The first-order valence-corrected chi connectivity index (χ1v) is 9.96. The van der Waals surface area contributed by atoms with Crippen LogP contribution in [0.4, 0.5) is 0 Å². The fraction of sp³-hybridized carbons (Fsp3) is 0.667. The average Bonchev–Trinajstić information content (AvgIpc) is 2.80. The minimum atomic E-state index is 0.170. The summed E-state index contributed by atoms with van der Waals surface area (Å²) in [6.07, 6.45) is 2.79. The molecule has 142 valence electrons. The summed E-state index contributed by atoms with van der Waals surface area (Å²) in [4.78, 5) is 17.4. The monoisotopic (exact) mass is 358 g/mol. The van der Waals surface area contributed by atoms with Crippen molar-refractivity contribution in [2.45, 2.75) is 57.8 Å². The number of likely N-dealkylation sites (tertiary alicyclic amines) is 1. The first-order valence-electron chi connectivity index (χ1n) is 9.96. The topological polar surface area (TPSA) is 53.0 Å². The number of carbonyl (C=O) groups is 1. The van der Waals surface area contributed by atoms with Crippen LogP contribution >= 0.6 is 0 Å². The zero-order valence-corrected chi connectivity index (χ0v) is 15.8. The van der Waals surface area contributed by atoms with E-state index in [0.717, 1.165) is 32.5 Å². The number of piperidine rings is 1. The maximum atomic E-state index is 12.7. The first-order chi connectivity index (χ1) is 12.5. The van der Waals surface area contributed by atoms with Gasteiger partial charge in [-0.3, -0.25) is 9.69 Å². The van der Waals surface area contributed by atoms with Crippen molar-refractivity contribution in [2.24, 2.45) is 11.8 Å². The van der Waals surface area contributed by atoms with E-state index in [0.29, 0.717) is 36.5 Å².